The molecule has 0 saturated carbocycles. The largest absolute Gasteiger partial charge is 0.493 e. The van der Waals surface area contributed by atoms with E-state index in [1.54, 1.807) is 20.4 Å². The summed E-state index contributed by atoms with van der Waals surface area (Å²) >= 11 is 0. The van der Waals surface area contributed by atoms with Crippen molar-refractivity contribution in [1.29, 1.82) is 0 Å². The molecular weight excluding hydrogens is 450 g/mol. The van der Waals surface area contributed by atoms with E-state index in [4.69, 9.17) is 18.9 Å². The van der Waals surface area contributed by atoms with Crippen LogP contribution in [0.2, 0.25) is 0 Å². The van der Waals surface area contributed by atoms with Crippen LogP contribution in [0, 0.1) is 0 Å². The third-order valence-corrected chi connectivity index (χ3v) is 5.94. The number of nitrogens with zero attached hydrogens (tertiary/aromatic N) is 1. The molecule has 0 bridgehead atoms. The van der Waals surface area contributed by atoms with E-state index in [9.17, 15) is 0 Å². The molecule has 5 nitrogen and oxygen atoms in total. The van der Waals surface area contributed by atoms with Crippen molar-refractivity contribution in [3.63, 3.8) is 0 Å². The highest BCUT2D eigenvalue weighted by molar-refractivity contribution is 5.95. The zero-order valence-electron chi connectivity index (χ0n) is 20.3. The van der Waals surface area contributed by atoms with Gasteiger partial charge in [-0.1, -0.05) is 60.7 Å². The molecule has 5 heteroatoms. The average Bonchev–Trinajstić information content (AvgIpc) is 2.95. The van der Waals surface area contributed by atoms with Crippen LogP contribution < -0.4 is 18.9 Å². The molecule has 0 saturated heterocycles. The third-order valence-electron chi connectivity index (χ3n) is 5.94. The van der Waals surface area contributed by atoms with Crippen LogP contribution in [-0.4, -0.2) is 19.2 Å². The molecule has 4 aromatic carbocycles. The number of fused-ring (bicyclic) bond motifs is 1. The Morgan fingerprint density at radius 3 is 1.86 bits per heavy atom. The number of aromatic nitrogens is 1. The lowest BCUT2D eigenvalue weighted by Gasteiger charge is -2.17. The first kappa shape index (κ1) is 23.2. The summed E-state index contributed by atoms with van der Waals surface area (Å²) in [5.74, 6) is 2.54. The Bertz CT molecular complexity index is 1430. The zero-order chi connectivity index (χ0) is 24.7. The van der Waals surface area contributed by atoms with Crippen LogP contribution in [0.15, 0.2) is 103 Å². The van der Waals surface area contributed by atoms with Gasteiger partial charge in [0.1, 0.15) is 19.0 Å². The van der Waals surface area contributed by atoms with Gasteiger partial charge in [-0.15, -0.1) is 0 Å². The number of pyridine rings is 1. The molecule has 5 aromatic rings. The molecule has 0 N–H and O–H groups in total. The molecule has 0 aliphatic rings. The van der Waals surface area contributed by atoms with E-state index in [1.807, 2.05) is 84.9 Å². The van der Waals surface area contributed by atoms with Gasteiger partial charge < -0.3 is 18.9 Å². The predicted molar refractivity (Wildman–Crippen MR) is 142 cm³/mol. The standard InChI is InChI=1S/C31H27NO4/c1-33-28-18-25(19-29(34-2)31(28)36-21-23-11-7-4-8-12-23)30-27-14-13-26(17-24(27)15-16-32-30)35-20-22-9-5-3-6-10-22/h3-19H,20-21H2,1-2H3. The number of hydrogen-bond acceptors (Lipinski definition) is 5. The maximum absolute atomic E-state index is 6.11. The van der Waals surface area contributed by atoms with Gasteiger partial charge in [-0.3, -0.25) is 4.98 Å². The Kier molecular flexibility index (Phi) is 6.99. The van der Waals surface area contributed by atoms with Crippen molar-refractivity contribution in [2.24, 2.45) is 0 Å². The Balaban J connectivity index is 1.45. The molecule has 1 heterocycles. The topological polar surface area (TPSA) is 49.8 Å². The lowest BCUT2D eigenvalue weighted by atomic mass is 10.0. The second-order valence-electron chi connectivity index (χ2n) is 8.30. The van der Waals surface area contributed by atoms with Crippen LogP contribution in [0.4, 0.5) is 0 Å². The molecule has 0 radical (unpaired) electrons. The summed E-state index contributed by atoms with van der Waals surface area (Å²) in [5, 5.41) is 2.04. The van der Waals surface area contributed by atoms with Gasteiger partial charge in [-0.05, 0) is 52.9 Å². The van der Waals surface area contributed by atoms with Gasteiger partial charge in [0.05, 0.1) is 19.9 Å². The fourth-order valence-electron chi connectivity index (χ4n) is 4.11. The van der Waals surface area contributed by atoms with Gasteiger partial charge >= 0.3 is 0 Å². The summed E-state index contributed by atoms with van der Waals surface area (Å²) in [6.07, 6.45) is 1.80. The minimum Gasteiger partial charge on any atom is -0.493 e. The second-order valence-corrected chi connectivity index (χ2v) is 8.30. The van der Waals surface area contributed by atoms with Crippen LogP contribution in [0.5, 0.6) is 23.0 Å². The summed E-state index contributed by atoms with van der Waals surface area (Å²) in [7, 11) is 3.25. The SMILES string of the molecule is COc1cc(-c2nccc3cc(OCc4ccccc4)ccc23)cc(OC)c1OCc1ccccc1. The molecule has 0 unspecified atom stereocenters. The van der Waals surface area contributed by atoms with Crippen molar-refractivity contribution in [2.75, 3.05) is 14.2 Å². The molecule has 0 amide bonds. The molecule has 0 aliphatic heterocycles. The Morgan fingerprint density at radius 2 is 1.25 bits per heavy atom. The Morgan fingerprint density at radius 1 is 0.639 bits per heavy atom. The third kappa shape index (κ3) is 5.10. The van der Waals surface area contributed by atoms with Gasteiger partial charge in [0.2, 0.25) is 5.75 Å². The quantitative estimate of drug-likeness (QED) is 0.227. The Labute approximate surface area is 210 Å². The normalized spacial score (nSPS) is 10.7. The van der Waals surface area contributed by atoms with Crippen LogP contribution in [0.3, 0.4) is 0 Å². The van der Waals surface area contributed by atoms with Crippen molar-refractivity contribution in [3.05, 3.63) is 114 Å². The van der Waals surface area contributed by atoms with Gasteiger partial charge in [0.15, 0.2) is 11.5 Å². The van der Waals surface area contributed by atoms with Gasteiger partial charge in [0.25, 0.3) is 0 Å². The van der Waals surface area contributed by atoms with Crippen LogP contribution in [-0.2, 0) is 13.2 Å². The smallest absolute Gasteiger partial charge is 0.203 e. The van der Waals surface area contributed by atoms with Crippen LogP contribution >= 0.6 is 0 Å². The molecule has 36 heavy (non-hydrogen) atoms. The van der Waals surface area contributed by atoms with E-state index < -0.39 is 0 Å². The molecule has 180 valence electrons. The van der Waals surface area contributed by atoms with E-state index in [0.717, 1.165) is 38.9 Å². The highest BCUT2D eigenvalue weighted by Crippen LogP contribution is 2.43. The van der Waals surface area contributed by atoms with Crippen LogP contribution in [0.25, 0.3) is 22.0 Å². The lowest BCUT2D eigenvalue weighted by molar-refractivity contribution is 0.266. The first-order valence-electron chi connectivity index (χ1n) is 11.7. The van der Waals surface area contributed by atoms with E-state index in [-0.39, 0.29) is 0 Å². The minimum atomic E-state index is 0.408. The first-order valence-corrected chi connectivity index (χ1v) is 11.7. The van der Waals surface area contributed by atoms with Crippen LogP contribution in [0.1, 0.15) is 11.1 Å². The highest BCUT2D eigenvalue weighted by Gasteiger charge is 2.17. The van der Waals surface area contributed by atoms with Crippen molar-refractivity contribution in [1.82, 2.24) is 4.98 Å². The average molecular weight is 478 g/mol. The number of hydrogen-bond donors (Lipinski definition) is 0. The number of methoxy groups -OCH3 is 2. The van der Waals surface area contributed by atoms with Gasteiger partial charge in [-0.25, -0.2) is 0 Å². The van der Waals surface area contributed by atoms with E-state index in [1.165, 1.54) is 0 Å². The molecular formula is C31H27NO4. The maximum atomic E-state index is 6.11. The number of benzene rings is 4. The van der Waals surface area contributed by atoms with Crippen molar-refractivity contribution in [2.45, 2.75) is 13.2 Å². The Hall–Kier alpha value is -4.51. The fourth-order valence-corrected chi connectivity index (χ4v) is 4.11. The maximum Gasteiger partial charge on any atom is 0.203 e. The van der Waals surface area contributed by atoms with Crippen molar-refractivity contribution < 1.29 is 18.9 Å². The van der Waals surface area contributed by atoms with Crippen molar-refractivity contribution in [3.8, 4) is 34.3 Å². The van der Waals surface area contributed by atoms with E-state index in [0.29, 0.717) is 30.5 Å². The van der Waals surface area contributed by atoms with Gasteiger partial charge in [0, 0.05) is 17.1 Å². The monoisotopic (exact) mass is 477 g/mol. The summed E-state index contributed by atoms with van der Waals surface area (Å²) in [6, 6.07) is 32.0. The second kappa shape index (κ2) is 10.8. The number of ether oxygens (including phenoxy) is 4. The summed E-state index contributed by atoms with van der Waals surface area (Å²) in [6.45, 7) is 0.925. The molecule has 0 aliphatic carbocycles. The predicted octanol–water partition coefficient (Wildman–Crippen LogP) is 7.08. The summed E-state index contributed by atoms with van der Waals surface area (Å²) in [4.78, 5) is 4.68. The van der Waals surface area contributed by atoms with E-state index in [2.05, 4.69) is 17.1 Å². The van der Waals surface area contributed by atoms with Gasteiger partial charge in [-0.2, -0.15) is 0 Å². The first-order chi connectivity index (χ1) is 17.7. The highest BCUT2D eigenvalue weighted by atomic mass is 16.5. The molecule has 5 rings (SSSR count). The minimum absolute atomic E-state index is 0.408. The molecule has 0 spiro atoms. The molecule has 0 fully saturated rings. The van der Waals surface area contributed by atoms with E-state index >= 15 is 0 Å². The summed E-state index contributed by atoms with van der Waals surface area (Å²) < 4.78 is 23.5. The fraction of sp³-hybridized carbons (Fsp3) is 0.129. The summed E-state index contributed by atoms with van der Waals surface area (Å²) in [5.41, 5.74) is 3.89. The zero-order valence-corrected chi connectivity index (χ0v) is 20.3. The molecule has 0 atom stereocenters. The van der Waals surface area contributed by atoms with Crippen molar-refractivity contribution >= 4 is 10.8 Å². The number of rotatable bonds is 9. The molecule has 1 aromatic heterocycles. The lowest BCUT2D eigenvalue weighted by Crippen LogP contribution is -2.01.